The van der Waals surface area contributed by atoms with Crippen LogP contribution in [0.25, 0.3) is 0 Å². The standard InChI is InChI=1S/C18H25NO9S/c1-18(17(23)24)10-29-16(19-18)13-11(20)9-12(14(21)15(13)22)28-8-7-27-6-5-26-4-3-25-2/h9,20-22H,3-8,10H2,1-2H3,(H,23,24). The molecule has 0 spiro atoms. The van der Waals surface area contributed by atoms with Crippen molar-refractivity contribution in [2.75, 3.05) is 52.5 Å². The van der Waals surface area contributed by atoms with Crippen molar-refractivity contribution in [3.63, 3.8) is 0 Å². The van der Waals surface area contributed by atoms with Gasteiger partial charge in [0.25, 0.3) is 0 Å². The van der Waals surface area contributed by atoms with E-state index in [2.05, 4.69) is 4.99 Å². The molecule has 0 radical (unpaired) electrons. The molecule has 1 atom stereocenters. The summed E-state index contributed by atoms with van der Waals surface area (Å²) >= 11 is 1.07. The molecule has 11 heteroatoms. The summed E-state index contributed by atoms with van der Waals surface area (Å²) in [7, 11) is 1.59. The van der Waals surface area contributed by atoms with E-state index < -0.39 is 23.0 Å². The van der Waals surface area contributed by atoms with Crippen LogP contribution in [-0.4, -0.2) is 89.5 Å². The number of phenolic OH excluding ortho intramolecular Hbond substituents is 3. The molecule has 1 aromatic carbocycles. The van der Waals surface area contributed by atoms with Crippen molar-refractivity contribution in [3.8, 4) is 23.0 Å². The number of phenols is 3. The third kappa shape index (κ3) is 5.89. The second-order valence-electron chi connectivity index (χ2n) is 6.32. The van der Waals surface area contributed by atoms with Crippen LogP contribution in [-0.2, 0) is 19.0 Å². The molecule has 0 aliphatic carbocycles. The molecule has 29 heavy (non-hydrogen) atoms. The van der Waals surface area contributed by atoms with Crippen molar-refractivity contribution in [2.45, 2.75) is 12.5 Å². The Labute approximate surface area is 172 Å². The normalized spacial score (nSPS) is 18.6. The number of carbonyl (C=O) groups is 1. The molecule has 1 aliphatic rings. The summed E-state index contributed by atoms with van der Waals surface area (Å²) in [5.41, 5.74) is -1.50. The Morgan fingerprint density at radius 1 is 1.10 bits per heavy atom. The van der Waals surface area contributed by atoms with Gasteiger partial charge in [0.1, 0.15) is 17.4 Å². The van der Waals surface area contributed by atoms with Gasteiger partial charge in [-0.15, -0.1) is 11.8 Å². The Morgan fingerprint density at radius 2 is 1.72 bits per heavy atom. The highest BCUT2D eigenvalue weighted by Crippen LogP contribution is 2.46. The Balaban J connectivity index is 1.93. The quantitative estimate of drug-likeness (QED) is 0.216. The fraction of sp³-hybridized carbons (Fsp3) is 0.556. The van der Waals surface area contributed by atoms with Gasteiger partial charge in [-0.25, -0.2) is 4.79 Å². The van der Waals surface area contributed by atoms with Gasteiger partial charge in [0, 0.05) is 18.9 Å². The second kappa shape index (κ2) is 10.5. The number of benzene rings is 1. The minimum atomic E-state index is -1.37. The van der Waals surface area contributed by atoms with Gasteiger partial charge in [-0.05, 0) is 6.92 Å². The van der Waals surface area contributed by atoms with Crippen LogP contribution in [0.5, 0.6) is 23.0 Å². The van der Waals surface area contributed by atoms with Crippen LogP contribution in [0.3, 0.4) is 0 Å². The lowest BCUT2D eigenvalue weighted by molar-refractivity contribution is -0.141. The zero-order valence-electron chi connectivity index (χ0n) is 16.2. The van der Waals surface area contributed by atoms with Gasteiger partial charge in [0.15, 0.2) is 17.0 Å². The smallest absolute Gasteiger partial charge is 0.332 e. The van der Waals surface area contributed by atoms with Crippen LogP contribution >= 0.6 is 11.8 Å². The third-order valence-electron chi connectivity index (χ3n) is 4.02. The number of rotatable bonds is 12. The van der Waals surface area contributed by atoms with Crippen molar-refractivity contribution in [1.29, 1.82) is 0 Å². The first kappa shape index (κ1) is 23.1. The summed E-state index contributed by atoms with van der Waals surface area (Å²) in [4.78, 5) is 15.4. The van der Waals surface area contributed by atoms with Gasteiger partial charge >= 0.3 is 5.97 Å². The maximum absolute atomic E-state index is 11.3. The van der Waals surface area contributed by atoms with E-state index in [0.29, 0.717) is 26.4 Å². The number of nitrogens with zero attached hydrogens (tertiary/aromatic N) is 1. The Bertz CT molecular complexity index is 755. The number of hydrogen-bond acceptors (Lipinski definition) is 10. The number of aliphatic carboxylic acids is 1. The largest absolute Gasteiger partial charge is 0.507 e. The summed E-state index contributed by atoms with van der Waals surface area (Å²) in [6.07, 6.45) is 0. The fourth-order valence-corrected chi connectivity index (χ4v) is 3.57. The zero-order valence-corrected chi connectivity index (χ0v) is 17.0. The van der Waals surface area contributed by atoms with Crippen LogP contribution in [0.15, 0.2) is 11.1 Å². The van der Waals surface area contributed by atoms with Crippen molar-refractivity contribution in [3.05, 3.63) is 11.6 Å². The monoisotopic (exact) mass is 431 g/mol. The summed E-state index contributed by atoms with van der Waals surface area (Å²) in [6.45, 7) is 3.44. The lowest BCUT2D eigenvalue weighted by Crippen LogP contribution is -2.33. The number of carboxylic acid groups (broad SMARTS) is 1. The van der Waals surface area contributed by atoms with Crippen molar-refractivity contribution < 1.29 is 44.2 Å². The SMILES string of the molecule is COCCOCCOCCOc1cc(O)c(C2=NC(C)(C(=O)O)CS2)c(O)c1O. The molecule has 0 saturated heterocycles. The van der Waals surface area contributed by atoms with Crippen LogP contribution in [0, 0.1) is 0 Å². The predicted octanol–water partition coefficient (Wildman–Crippen LogP) is 1.20. The van der Waals surface area contributed by atoms with E-state index in [1.165, 1.54) is 6.92 Å². The van der Waals surface area contributed by atoms with E-state index in [-0.39, 0.29) is 41.1 Å². The molecule has 2 rings (SSSR count). The fourth-order valence-electron chi connectivity index (χ4n) is 2.35. The Kier molecular flexibility index (Phi) is 8.38. The molecule has 162 valence electrons. The van der Waals surface area contributed by atoms with E-state index in [1.54, 1.807) is 7.11 Å². The van der Waals surface area contributed by atoms with Gasteiger partial charge in [0.2, 0.25) is 5.75 Å². The van der Waals surface area contributed by atoms with E-state index in [1.807, 2.05) is 0 Å². The van der Waals surface area contributed by atoms with Crippen LogP contribution in [0.2, 0.25) is 0 Å². The number of methoxy groups -OCH3 is 1. The van der Waals surface area contributed by atoms with Gasteiger partial charge < -0.3 is 39.4 Å². The zero-order chi connectivity index (χ0) is 21.4. The third-order valence-corrected chi connectivity index (χ3v) is 5.30. The highest BCUT2D eigenvalue weighted by molar-refractivity contribution is 8.14. The van der Waals surface area contributed by atoms with Gasteiger partial charge in [-0.3, -0.25) is 4.99 Å². The van der Waals surface area contributed by atoms with Crippen LogP contribution in [0.1, 0.15) is 12.5 Å². The molecular weight excluding hydrogens is 406 g/mol. The summed E-state index contributed by atoms with van der Waals surface area (Å²) < 4.78 is 20.7. The average molecular weight is 431 g/mol. The molecule has 1 unspecified atom stereocenters. The lowest BCUT2D eigenvalue weighted by atomic mass is 10.1. The molecule has 0 fully saturated rings. The van der Waals surface area contributed by atoms with Crippen molar-refractivity contribution >= 4 is 22.8 Å². The lowest BCUT2D eigenvalue weighted by Gasteiger charge is -2.14. The van der Waals surface area contributed by atoms with E-state index in [0.717, 1.165) is 17.8 Å². The Morgan fingerprint density at radius 3 is 2.31 bits per heavy atom. The first-order valence-corrected chi connectivity index (χ1v) is 9.80. The number of ether oxygens (including phenoxy) is 4. The molecular formula is C18H25NO9S. The van der Waals surface area contributed by atoms with Crippen molar-refractivity contribution in [1.82, 2.24) is 0 Å². The van der Waals surface area contributed by atoms with E-state index in [9.17, 15) is 25.2 Å². The molecule has 1 heterocycles. The minimum absolute atomic E-state index is 0.0661. The second-order valence-corrected chi connectivity index (χ2v) is 7.28. The maximum Gasteiger partial charge on any atom is 0.332 e. The first-order chi connectivity index (χ1) is 13.8. The maximum atomic E-state index is 11.3. The van der Waals surface area contributed by atoms with Gasteiger partial charge in [-0.2, -0.15) is 0 Å². The van der Waals surface area contributed by atoms with Gasteiger partial charge in [-0.1, -0.05) is 0 Å². The minimum Gasteiger partial charge on any atom is -0.507 e. The number of carboxylic acids is 1. The highest BCUT2D eigenvalue weighted by atomic mass is 32.2. The molecule has 4 N–H and O–H groups in total. The Hall–Kier alpha value is -2.21. The molecule has 10 nitrogen and oxygen atoms in total. The van der Waals surface area contributed by atoms with Crippen molar-refractivity contribution in [2.24, 2.45) is 4.99 Å². The topological polar surface area (TPSA) is 147 Å². The number of aliphatic imine (C=N–C) groups is 1. The first-order valence-electron chi connectivity index (χ1n) is 8.81. The molecule has 0 saturated carbocycles. The van der Waals surface area contributed by atoms with E-state index >= 15 is 0 Å². The van der Waals surface area contributed by atoms with Crippen LogP contribution < -0.4 is 4.74 Å². The van der Waals surface area contributed by atoms with E-state index in [4.69, 9.17) is 18.9 Å². The molecule has 0 aromatic heterocycles. The number of thioether (sulfide) groups is 1. The number of aromatic hydroxyl groups is 3. The summed E-state index contributed by atoms with van der Waals surface area (Å²) in [5.74, 6) is -2.70. The predicted molar refractivity (Wildman–Crippen MR) is 105 cm³/mol. The molecule has 0 bridgehead atoms. The highest BCUT2D eigenvalue weighted by Gasteiger charge is 2.40. The average Bonchev–Trinajstić information content (AvgIpc) is 3.07. The molecule has 1 aliphatic heterocycles. The van der Waals surface area contributed by atoms with Crippen LogP contribution in [0.4, 0.5) is 0 Å². The van der Waals surface area contributed by atoms with Gasteiger partial charge in [0.05, 0.1) is 38.6 Å². The number of hydrogen-bond donors (Lipinski definition) is 4. The summed E-state index contributed by atoms with van der Waals surface area (Å²) in [5, 5.41) is 40.1. The molecule has 0 amide bonds. The molecule has 1 aromatic rings. The summed E-state index contributed by atoms with van der Waals surface area (Å²) in [6, 6.07) is 1.14.